The third-order valence-corrected chi connectivity index (χ3v) is 4.40. The van der Waals surface area contributed by atoms with Gasteiger partial charge in [0.1, 0.15) is 5.01 Å². The standard InChI is InChI=1S/C12H14N2OS/c15-8-12(3-1-4-12)10-7-16-11(14-10)9-2-5-13-6-9/h2,5-7,13,15H,1,3-4,8H2. The molecule has 1 aliphatic rings. The summed E-state index contributed by atoms with van der Waals surface area (Å²) < 4.78 is 0. The van der Waals surface area contributed by atoms with E-state index in [2.05, 4.69) is 15.3 Å². The van der Waals surface area contributed by atoms with E-state index in [1.54, 1.807) is 11.3 Å². The monoisotopic (exact) mass is 234 g/mol. The van der Waals surface area contributed by atoms with E-state index in [0.717, 1.165) is 29.1 Å². The first kappa shape index (κ1) is 10.1. The fourth-order valence-corrected chi connectivity index (χ4v) is 3.15. The van der Waals surface area contributed by atoms with E-state index in [1.807, 2.05) is 18.5 Å². The minimum absolute atomic E-state index is 0.0366. The predicted octanol–water partition coefficient (Wildman–Crippen LogP) is 2.55. The van der Waals surface area contributed by atoms with Crippen molar-refractivity contribution in [3.63, 3.8) is 0 Å². The number of hydrogen-bond acceptors (Lipinski definition) is 3. The zero-order chi connectivity index (χ0) is 11.0. The molecule has 0 amide bonds. The lowest BCUT2D eigenvalue weighted by Gasteiger charge is -2.38. The van der Waals surface area contributed by atoms with Crippen molar-refractivity contribution in [1.82, 2.24) is 9.97 Å². The average molecular weight is 234 g/mol. The van der Waals surface area contributed by atoms with Gasteiger partial charge in [-0.1, -0.05) is 6.42 Å². The molecule has 3 nitrogen and oxygen atoms in total. The maximum Gasteiger partial charge on any atom is 0.125 e. The van der Waals surface area contributed by atoms with Gasteiger partial charge in [-0.05, 0) is 18.9 Å². The normalized spacial score (nSPS) is 18.3. The molecule has 0 atom stereocenters. The van der Waals surface area contributed by atoms with E-state index in [1.165, 1.54) is 6.42 Å². The largest absolute Gasteiger partial charge is 0.395 e. The first-order valence-electron chi connectivity index (χ1n) is 5.54. The van der Waals surface area contributed by atoms with E-state index >= 15 is 0 Å². The molecule has 2 aromatic heterocycles. The lowest BCUT2D eigenvalue weighted by Crippen LogP contribution is -2.38. The highest BCUT2D eigenvalue weighted by Gasteiger charge is 2.40. The van der Waals surface area contributed by atoms with Crippen molar-refractivity contribution in [2.45, 2.75) is 24.7 Å². The third kappa shape index (κ3) is 1.41. The summed E-state index contributed by atoms with van der Waals surface area (Å²) in [5, 5.41) is 12.6. The Morgan fingerprint density at radius 2 is 2.38 bits per heavy atom. The van der Waals surface area contributed by atoms with Crippen molar-refractivity contribution < 1.29 is 5.11 Å². The van der Waals surface area contributed by atoms with Crippen LogP contribution in [0.4, 0.5) is 0 Å². The summed E-state index contributed by atoms with van der Waals surface area (Å²) in [6.07, 6.45) is 7.20. The Labute approximate surface area is 98.2 Å². The van der Waals surface area contributed by atoms with Gasteiger partial charge in [0.2, 0.25) is 0 Å². The average Bonchev–Trinajstić information content (AvgIpc) is 2.86. The Morgan fingerprint density at radius 3 is 2.94 bits per heavy atom. The number of rotatable bonds is 3. The Hall–Kier alpha value is -1.13. The molecule has 1 saturated carbocycles. The smallest absolute Gasteiger partial charge is 0.125 e. The third-order valence-electron chi connectivity index (χ3n) is 3.51. The predicted molar refractivity (Wildman–Crippen MR) is 64.5 cm³/mol. The molecule has 0 aromatic carbocycles. The van der Waals surface area contributed by atoms with Crippen LogP contribution in [-0.2, 0) is 5.41 Å². The Balaban J connectivity index is 1.93. The molecule has 0 unspecified atom stereocenters. The molecule has 0 bridgehead atoms. The van der Waals surface area contributed by atoms with Gasteiger partial charge in [-0.2, -0.15) is 0 Å². The van der Waals surface area contributed by atoms with Gasteiger partial charge >= 0.3 is 0 Å². The topological polar surface area (TPSA) is 48.9 Å². The van der Waals surface area contributed by atoms with Crippen molar-refractivity contribution in [2.75, 3.05) is 6.61 Å². The molecule has 0 saturated heterocycles. The van der Waals surface area contributed by atoms with Crippen LogP contribution in [0.1, 0.15) is 25.0 Å². The molecule has 0 aliphatic heterocycles. The van der Waals surface area contributed by atoms with Crippen molar-refractivity contribution in [1.29, 1.82) is 0 Å². The maximum absolute atomic E-state index is 9.49. The molecule has 2 aromatic rings. The Bertz CT molecular complexity index is 465. The van der Waals surface area contributed by atoms with Crippen LogP contribution in [0, 0.1) is 0 Å². The lowest BCUT2D eigenvalue weighted by atomic mass is 9.67. The van der Waals surface area contributed by atoms with Crippen molar-refractivity contribution in [3.8, 4) is 10.6 Å². The second kappa shape index (κ2) is 3.71. The molecule has 4 heteroatoms. The number of hydrogen-bond donors (Lipinski definition) is 2. The van der Waals surface area contributed by atoms with Gasteiger partial charge < -0.3 is 10.1 Å². The molecule has 0 radical (unpaired) electrons. The number of aliphatic hydroxyl groups is 1. The minimum atomic E-state index is -0.0366. The fourth-order valence-electron chi connectivity index (χ4n) is 2.21. The number of aliphatic hydroxyl groups excluding tert-OH is 1. The number of aromatic amines is 1. The highest BCUT2D eigenvalue weighted by Crippen LogP contribution is 2.44. The molecule has 84 valence electrons. The van der Waals surface area contributed by atoms with Crippen molar-refractivity contribution in [3.05, 3.63) is 29.5 Å². The number of nitrogens with one attached hydrogen (secondary N) is 1. The summed E-state index contributed by atoms with van der Waals surface area (Å²) in [5.41, 5.74) is 2.16. The molecule has 1 fully saturated rings. The summed E-state index contributed by atoms with van der Waals surface area (Å²) in [7, 11) is 0. The van der Waals surface area contributed by atoms with E-state index in [9.17, 15) is 5.11 Å². The van der Waals surface area contributed by atoms with Gasteiger partial charge in [-0.15, -0.1) is 11.3 Å². The lowest BCUT2D eigenvalue weighted by molar-refractivity contribution is 0.117. The number of thiazole rings is 1. The second-order valence-electron chi connectivity index (χ2n) is 4.43. The highest BCUT2D eigenvalue weighted by molar-refractivity contribution is 7.13. The van der Waals surface area contributed by atoms with Crippen molar-refractivity contribution >= 4 is 11.3 Å². The van der Waals surface area contributed by atoms with Crippen LogP contribution in [0.25, 0.3) is 10.6 Å². The number of aromatic nitrogens is 2. The van der Waals surface area contributed by atoms with Crippen LogP contribution < -0.4 is 0 Å². The van der Waals surface area contributed by atoms with Crippen LogP contribution in [0.5, 0.6) is 0 Å². The van der Waals surface area contributed by atoms with E-state index in [4.69, 9.17) is 0 Å². The van der Waals surface area contributed by atoms with Crippen LogP contribution in [-0.4, -0.2) is 21.7 Å². The number of nitrogens with zero attached hydrogens (tertiary/aromatic N) is 1. The van der Waals surface area contributed by atoms with Crippen LogP contribution in [0.2, 0.25) is 0 Å². The molecular weight excluding hydrogens is 220 g/mol. The first-order chi connectivity index (χ1) is 7.84. The second-order valence-corrected chi connectivity index (χ2v) is 5.29. The molecular formula is C12H14N2OS. The molecule has 1 aliphatic carbocycles. The quantitative estimate of drug-likeness (QED) is 0.857. The highest BCUT2D eigenvalue weighted by atomic mass is 32.1. The minimum Gasteiger partial charge on any atom is -0.395 e. The van der Waals surface area contributed by atoms with Crippen LogP contribution in [0.3, 0.4) is 0 Å². The summed E-state index contributed by atoms with van der Waals surface area (Å²) in [6, 6.07) is 2.02. The maximum atomic E-state index is 9.49. The molecule has 3 rings (SSSR count). The van der Waals surface area contributed by atoms with Gasteiger partial charge in [0.25, 0.3) is 0 Å². The molecule has 0 spiro atoms. The zero-order valence-corrected chi connectivity index (χ0v) is 9.76. The van der Waals surface area contributed by atoms with Gasteiger partial charge in [-0.25, -0.2) is 4.98 Å². The van der Waals surface area contributed by atoms with Crippen LogP contribution >= 0.6 is 11.3 Å². The number of H-pyrrole nitrogens is 1. The first-order valence-corrected chi connectivity index (χ1v) is 6.42. The van der Waals surface area contributed by atoms with Gasteiger partial charge in [-0.3, -0.25) is 0 Å². The summed E-state index contributed by atoms with van der Waals surface area (Å²) >= 11 is 1.66. The van der Waals surface area contributed by atoms with Crippen molar-refractivity contribution in [2.24, 2.45) is 0 Å². The zero-order valence-electron chi connectivity index (χ0n) is 8.94. The summed E-state index contributed by atoms with van der Waals surface area (Å²) in [4.78, 5) is 7.69. The summed E-state index contributed by atoms with van der Waals surface area (Å²) in [6.45, 7) is 0.226. The summed E-state index contributed by atoms with van der Waals surface area (Å²) in [5.74, 6) is 0. The SMILES string of the molecule is OCC1(c2csc(-c3cc[nH]c3)n2)CCC1. The van der Waals surface area contributed by atoms with E-state index < -0.39 is 0 Å². The van der Waals surface area contributed by atoms with Gasteiger partial charge in [0, 0.05) is 28.8 Å². The molecule has 2 N–H and O–H groups in total. The Morgan fingerprint density at radius 1 is 1.50 bits per heavy atom. The van der Waals surface area contributed by atoms with Crippen LogP contribution in [0.15, 0.2) is 23.8 Å². The van der Waals surface area contributed by atoms with E-state index in [-0.39, 0.29) is 12.0 Å². The van der Waals surface area contributed by atoms with E-state index in [0.29, 0.717) is 0 Å². The van der Waals surface area contributed by atoms with Gasteiger partial charge in [0.15, 0.2) is 0 Å². The molecule has 16 heavy (non-hydrogen) atoms. The molecule has 2 heterocycles. The Kier molecular flexibility index (Phi) is 2.33. The fraction of sp³-hybridized carbons (Fsp3) is 0.417. The van der Waals surface area contributed by atoms with Gasteiger partial charge in [0.05, 0.1) is 12.3 Å².